The Bertz CT molecular complexity index is 706. The van der Waals surface area contributed by atoms with E-state index in [1.807, 2.05) is 38.1 Å². The average molecular weight is 372 g/mol. The Morgan fingerprint density at radius 3 is 2.37 bits per heavy atom. The largest absolute Gasteiger partial charge is 0.368 e. The first-order chi connectivity index (χ1) is 12.8. The molecule has 6 heteroatoms. The van der Waals surface area contributed by atoms with Crippen LogP contribution >= 0.6 is 0 Å². The number of rotatable bonds is 6. The highest BCUT2D eigenvalue weighted by Gasteiger charge is 2.36. The normalized spacial score (nSPS) is 22.8. The summed E-state index contributed by atoms with van der Waals surface area (Å²) in [5.41, 5.74) is 2.33. The van der Waals surface area contributed by atoms with Crippen LogP contribution in [0.15, 0.2) is 24.3 Å². The van der Waals surface area contributed by atoms with Gasteiger partial charge in [-0.2, -0.15) is 0 Å². The van der Waals surface area contributed by atoms with Gasteiger partial charge < -0.3 is 15.0 Å². The summed E-state index contributed by atoms with van der Waals surface area (Å²) in [6, 6.07) is 7.41. The molecule has 1 N–H and O–H groups in total. The third kappa shape index (κ3) is 4.56. The first-order valence-corrected chi connectivity index (χ1v) is 9.64. The smallest absolute Gasteiger partial charge is 0.224 e. The molecule has 1 aromatic carbocycles. The predicted octanol–water partition coefficient (Wildman–Crippen LogP) is 2.05. The van der Waals surface area contributed by atoms with Gasteiger partial charge >= 0.3 is 0 Å². The lowest BCUT2D eigenvalue weighted by Gasteiger charge is -2.24. The quantitative estimate of drug-likeness (QED) is 0.829. The lowest BCUT2D eigenvalue weighted by molar-refractivity contribution is -0.137. The monoisotopic (exact) mass is 372 g/mol. The zero-order chi connectivity index (χ0) is 19.6. The van der Waals surface area contributed by atoms with Gasteiger partial charge in [0.25, 0.3) is 0 Å². The van der Waals surface area contributed by atoms with Crippen LogP contribution in [0, 0.1) is 11.8 Å². The van der Waals surface area contributed by atoms with Crippen LogP contribution in [0.25, 0.3) is 0 Å². The summed E-state index contributed by atoms with van der Waals surface area (Å²) in [5, 5.41) is 2.81. The predicted molar refractivity (Wildman–Crippen MR) is 101 cm³/mol. The standard InChI is InChI=1S/C21H28N2O4/c1-13(2)8-17(21(26)22-20-14(3)27-12-18(20)24)9-19(25)23-10-15-6-4-5-7-16(15)11-23/h4-7,13-14,17,20H,8-12H2,1-3H3,(H,22,26). The topological polar surface area (TPSA) is 75.7 Å². The minimum absolute atomic E-state index is 0.0194. The van der Waals surface area contributed by atoms with Crippen molar-refractivity contribution in [3.05, 3.63) is 35.4 Å². The van der Waals surface area contributed by atoms with Crippen molar-refractivity contribution in [2.24, 2.45) is 11.8 Å². The number of benzene rings is 1. The maximum atomic E-state index is 12.8. The summed E-state index contributed by atoms with van der Waals surface area (Å²) in [5.74, 6) is -0.530. The SMILES string of the molecule is CC(C)CC(CC(=O)N1Cc2ccccc2C1)C(=O)NC1C(=O)COC1C. The molecule has 1 saturated heterocycles. The molecule has 0 spiro atoms. The molecule has 3 rings (SSSR count). The highest BCUT2D eigenvalue weighted by Crippen LogP contribution is 2.25. The Kier molecular flexibility index (Phi) is 5.95. The molecule has 0 bridgehead atoms. The van der Waals surface area contributed by atoms with Crippen LogP contribution in [0.4, 0.5) is 0 Å². The lowest BCUT2D eigenvalue weighted by atomic mass is 9.92. The Morgan fingerprint density at radius 2 is 1.85 bits per heavy atom. The molecule has 3 atom stereocenters. The Hall–Kier alpha value is -2.21. The lowest BCUT2D eigenvalue weighted by Crippen LogP contribution is -2.47. The van der Waals surface area contributed by atoms with Gasteiger partial charge in [-0.1, -0.05) is 38.1 Å². The highest BCUT2D eigenvalue weighted by atomic mass is 16.5. The van der Waals surface area contributed by atoms with Crippen molar-refractivity contribution in [1.29, 1.82) is 0 Å². The van der Waals surface area contributed by atoms with E-state index in [4.69, 9.17) is 4.74 Å². The molecule has 2 amide bonds. The molecule has 1 fully saturated rings. The van der Waals surface area contributed by atoms with Gasteiger partial charge in [-0.15, -0.1) is 0 Å². The maximum absolute atomic E-state index is 12.8. The Balaban J connectivity index is 1.63. The van der Waals surface area contributed by atoms with Crippen molar-refractivity contribution in [1.82, 2.24) is 10.2 Å². The summed E-state index contributed by atoms with van der Waals surface area (Å²) in [6.07, 6.45) is 0.438. The first kappa shape index (κ1) is 19.5. The second kappa shape index (κ2) is 8.21. The van der Waals surface area contributed by atoms with E-state index < -0.39 is 12.0 Å². The molecule has 3 unspecified atom stereocenters. The molecule has 6 nitrogen and oxygen atoms in total. The molecule has 0 aromatic heterocycles. The molecule has 0 saturated carbocycles. The van der Waals surface area contributed by atoms with Crippen LogP contribution in [0.1, 0.15) is 44.7 Å². The van der Waals surface area contributed by atoms with Crippen LogP contribution < -0.4 is 5.32 Å². The van der Waals surface area contributed by atoms with Crippen LogP contribution in [0.2, 0.25) is 0 Å². The van der Waals surface area contributed by atoms with Crippen LogP contribution in [-0.4, -0.2) is 41.3 Å². The molecular weight excluding hydrogens is 344 g/mol. The van der Waals surface area contributed by atoms with Crippen molar-refractivity contribution in [2.75, 3.05) is 6.61 Å². The fraction of sp³-hybridized carbons (Fsp3) is 0.571. The van der Waals surface area contributed by atoms with Crippen molar-refractivity contribution >= 4 is 17.6 Å². The number of Topliss-reactive ketones (excluding diaryl/α,β-unsaturated/α-hetero) is 1. The number of amides is 2. The van der Waals surface area contributed by atoms with E-state index in [1.54, 1.807) is 11.8 Å². The van der Waals surface area contributed by atoms with E-state index in [0.717, 1.165) is 0 Å². The molecule has 2 aliphatic rings. The van der Waals surface area contributed by atoms with Crippen molar-refractivity contribution in [2.45, 2.75) is 58.8 Å². The minimum Gasteiger partial charge on any atom is -0.368 e. The van der Waals surface area contributed by atoms with E-state index >= 15 is 0 Å². The zero-order valence-electron chi connectivity index (χ0n) is 16.2. The molecule has 0 aliphatic carbocycles. The minimum atomic E-state index is -0.613. The number of ketones is 1. The highest BCUT2D eigenvalue weighted by molar-refractivity contribution is 5.93. The number of nitrogens with zero attached hydrogens (tertiary/aromatic N) is 1. The third-order valence-corrected chi connectivity index (χ3v) is 5.34. The maximum Gasteiger partial charge on any atom is 0.224 e. The van der Waals surface area contributed by atoms with Gasteiger partial charge in [0.15, 0.2) is 5.78 Å². The number of ether oxygens (including phenoxy) is 1. The summed E-state index contributed by atoms with van der Waals surface area (Å²) < 4.78 is 5.30. The molecule has 2 heterocycles. The molecule has 1 aromatic rings. The first-order valence-electron chi connectivity index (χ1n) is 9.64. The van der Waals surface area contributed by atoms with Gasteiger partial charge in [0.05, 0.1) is 6.10 Å². The number of hydrogen-bond donors (Lipinski definition) is 1. The van der Waals surface area contributed by atoms with Gasteiger partial charge in [-0.25, -0.2) is 0 Å². The molecule has 0 radical (unpaired) electrons. The summed E-state index contributed by atoms with van der Waals surface area (Å²) in [6.45, 7) is 7.06. The Morgan fingerprint density at radius 1 is 1.22 bits per heavy atom. The summed E-state index contributed by atoms with van der Waals surface area (Å²) in [7, 11) is 0. The van der Waals surface area contributed by atoms with Gasteiger partial charge in [0.1, 0.15) is 12.6 Å². The fourth-order valence-electron chi connectivity index (χ4n) is 3.83. The van der Waals surface area contributed by atoms with E-state index in [9.17, 15) is 14.4 Å². The summed E-state index contributed by atoms with van der Waals surface area (Å²) in [4.78, 5) is 39.3. The van der Waals surface area contributed by atoms with Crippen molar-refractivity contribution < 1.29 is 19.1 Å². The second-order valence-corrected chi connectivity index (χ2v) is 8.02. The average Bonchev–Trinajstić information content (AvgIpc) is 3.19. The fourth-order valence-corrected chi connectivity index (χ4v) is 3.83. The number of nitrogens with one attached hydrogen (secondary N) is 1. The summed E-state index contributed by atoms with van der Waals surface area (Å²) >= 11 is 0. The van der Waals surface area contributed by atoms with Gasteiger partial charge in [-0.05, 0) is 30.4 Å². The number of carbonyl (C=O) groups excluding carboxylic acids is 3. The second-order valence-electron chi connectivity index (χ2n) is 8.02. The van der Waals surface area contributed by atoms with Crippen LogP contribution in [0.3, 0.4) is 0 Å². The van der Waals surface area contributed by atoms with Crippen LogP contribution in [-0.2, 0) is 32.2 Å². The third-order valence-electron chi connectivity index (χ3n) is 5.34. The van der Waals surface area contributed by atoms with Crippen molar-refractivity contribution in [3.63, 3.8) is 0 Å². The number of carbonyl (C=O) groups is 3. The number of fused-ring (bicyclic) bond motifs is 1. The zero-order valence-corrected chi connectivity index (χ0v) is 16.2. The van der Waals surface area contributed by atoms with E-state index in [1.165, 1.54) is 11.1 Å². The van der Waals surface area contributed by atoms with Gasteiger partial charge in [-0.3, -0.25) is 14.4 Å². The number of hydrogen-bond acceptors (Lipinski definition) is 4. The molecule has 27 heavy (non-hydrogen) atoms. The van der Waals surface area contributed by atoms with E-state index in [-0.39, 0.29) is 42.6 Å². The molecule has 146 valence electrons. The molecule has 2 aliphatic heterocycles. The van der Waals surface area contributed by atoms with E-state index in [2.05, 4.69) is 5.32 Å². The molecular formula is C21H28N2O4. The van der Waals surface area contributed by atoms with E-state index in [0.29, 0.717) is 19.5 Å². The van der Waals surface area contributed by atoms with Gasteiger partial charge in [0, 0.05) is 25.4 Å². The van der Waals surface area contributed by atoms with Crippen LogP contribution in [0.5, 0.6) is 0 Å². The van der Waals surface area contributed by atoms with Crippen molar-refractivity contribution in [3.8, 4) is 0 Å². The Labute approximate surface area is 160 Å². The van der Waals surface area contributed by atoms with Gasteiger partial charge in [0.2, 0.25) is 11.8 Å².